The maximum Gasteiger partial charge on any atom is 0.348 e. The Labute approximate surface area is 170 Å². The van der Waals surface area contributed by atoms with Crippen molar-refractivity contribution in [2.24, 2.45) is 0 Å². The summed E-state index contributed by atoms with van der Waals surface area (Å²) in [5, 5.41) is 5.46. The number of rotatable bonds is 7. The fraction of sp³-hybridized carbons (Fsp3) is 0.533. The SMILES string of the molecule is CCOC(=O)c1sc(N[C@H](NC(C)=O)C(Cl)(Cl)Cl)c(C(=O)OCC)c1C. The molecule has 0 saturated heterocycles. The van der Waals surface area contributed by atoms with E-state index in [9.17, 15) is 14.4 Å². The second kappa shape index (κ2) is 9.64. The molecule has 1 atom stereocenters. The van der Waals surface area contributed by atoms with E-state index in [0.29, 0.717) is 5.56 Å². The van der Waals surface area contributed by atoms with Gasteiger partial charge in [0, 0.05) is 6.92 Å². The molecule has 1 heterocycles. The number of ether oxygens (including phenoxy) is 2. The van der Waals surface area contributed by atoms with Crippen molar-refractivity contribution in [2.75, 3.05) is 18.5 Å². The normalized spacial score (nSPS) is 12.3. The fourth-order valence-electron chi connectivity index (χ4n) is 1.99. The Bertz CT molecular complexity index is 688. The molecule has 0 aliphatic carbocycles. The highest BCUT2D eigenvalue weighted by Gasteiger charge is 2.36. The van der Waals surface area contributed by atoms with Crippen LogP contribution in [-0.4, -0.2) is 41.0 Å². The second-order valence-corrected chi connectivity index (χ2v) is 8.41. The van der Waals surface area contributed by atoms with Crippen LogP contribution in [0, 0.1) is 6.92 Å². The van der Waals surface area contributed by atoms with Gasteiger partial charge in [-0.25, -0.2) is 9.59 Å². The molecule has 1 aromatic rings. The number of nitrogens with one attached hydrogen (secondary N) is 2. The summed E-state index contributed by atoms with van der Waals surface area (Å²) >= 11 is 18.6. The molecule has 1 rings (SSSR count). The summed E-state index contributed by atoms with van der Waals surface area (Å²) in [4.78, 5) is 36.1. The maximum atomic E-state index is 12.3. The molecule has 0 unspecified atom stereocenters. The molecule has 0 bridgehead atoms. The Morgan fingerprint density at radius 3 is 2.12 bits per heavy atom. The van der Waals surface area contributed by atoms with Gasteiger partial charge in [-0.3, -0.25) is 4.79 Å². The zero-order valence-corrected chi connectivity index (χ0v) is 17.7. The van der Waals surface area contributed by atoms with Gasteiger partial charge in [-0.15, -0.1) is 11.3 Å². The minimum absolute atomic E-state index is 0.115. The van der Waals surface area contributed by atoms with Crippen molar-refractivity contribution in [3.05, 3.63) is 16.0 Å². The molecule has 0 saturated carbocycles. The van der Waals surface area contributed by atoms with Crippen molar-refractivity contribution in [1.29, 1.82) is 0 Å². The first-order valence-corrected chi connectivity index (χ1v) is 9.55. The largest absolute Gasteiger partial charge is 0.462 e. The van der Waals surface area contributed by atoms with Crippen LogP contribution < -0.4 is 10.6 Å². The second-order valence-electron chi connectivity index (χ2n) is 5.02. The van der Waals surface area contributed by atoms with E-state index in [1.807, 2.05) is 0 Å². The molecule has 26 heavy (non-hydrogen) atoms. The summed E-state index contributed by atoms with van der Waals surface area (Å²) in [5.74, 6) is -1.69. The molecular weight excluding hydrogens is 427 g/mol. The average Bonchev–Trinajstić information content (AvgIpc) is 2.82. The Balaban J connectivity index is 3.37. The number of alkyl halides is 3. The van der Waals surface area contributed by atoms with Crippen molar-refractivity contribution in [2.45, 2.75) is 37.7 Å². The van der Waals surface area contributed by atoms with Crippen LogP contribution in [0.1, 0.15) is 46.4 Å². The monoisotopic (exact) mass is 444 g/mol. The average molecular weight is 446 g/mol. The number of carbonyl (C=O) groups is 3. The van der Waals surface area contributed by atoms with Gasteiger partial charge >= 0.3 is 11.9 Å². The topological polar surface area (TPSA) is 93.7 Å². The van der Waals surface area contributed by atoms with Gasteiger partial charge in [0.2, 0.25) is 9.70 Å². The third kappa shape index (κ3) is 5.90. The highest BCUT2D eigenvalue weighted by atomic mass is 35.6. The first-order chi connectivity index (χ1) is 12.0. The molecule has 0 radical (unpaired) electrons. The van der Waals surface area contributed by atoms with Gasteiger partial charge in [0.1, 0.15) is 16.0 Å². The highest BCUT2D eigenvalue weighted by Crippen LogP contribution is 2.38. The van der Waals surface area contributed by atoms with Crippen LogP contribution in [0.5, 0.6) is 0 Å². The molecule has 1 amide bonds. The van der Waals surface area contributed by atoms with Crippen LogP contribution in [0.2, 0.25) is 0 Å². The van der Waals surface area contributed by atoms with Crippen LogP contribution >= 0.6 is 46.1 Å². The Hall–Kier alpha value is -1.22. The minimum atomic E-state index is -1.92. The summed E-state index contributed by atoms with van der Waals surface area (Å²) in [5.41, 5.74) is 0.491. The molecule has 7 nitrogen and oxygen atoms in total. The van der Waals surface area contributed by atoms with E-state index in [4.69, 9.17) is 44.3 Å². The zero-order valence-electron chi connectivity index (χ0n) is 14.6. The summed E-state index contributed by atoms with van der Waals surface area (Å²) in [6.07, 6.45) is -1.15. The van der Waals surface area contributed by atoms with Gasteiger partial charge in [-0.2, -0.15) is 0 Å². The van der Waals surface area contributed by atoms with Crippen molar-refractivity contribution in [3.8, 4) is 0 Å². The van der Waals surface area contributed by atoms with E-state index >= 15 is 0 Å². The molecule has 146 valence electrons. The molecule has 0 fully saturated rings. The van der Waals surface area contributed by atoms with E-state index in [1.165, 1.54) is 6.92 Å². The lowest BCUT2D eigenvalue weighted by Gasteiger charge is -2.26. The molecule has 0 aromatic carbocycles. The maximum absolute atomic E-state index is 12.3. The number of thiophene rings is 1. The Kier molecular flexibility index (Phi) is 8.46. The van der Waals surface area contributed by atoms with Crippen molar-refractivity contribution >= 4 is 69.0 Å². The van der Waals surface area contributed by atoms with E-state index in [2.05, 4.69) is 10.6 Å². The molecule has 2 N–H and O–H groups in total. The van der Waals surface area contributed by atoms with Gasteiger partial charge in [-0.05, 0) is 26.3 Å². The Morgan fingerprint density at radius 2 is 1.65 bits per heavy atom. The number of amides is 1. The third-order valence-electron chi connectivity index (χ3n) is 3.04. The Morgan fingerprint density at radius 1 is 1.12 bits per heavy atom. The lowest BCUT2D eigenvalue weighted by molar-refractivity contribution is -0.119. The molecule has 0 aliphatic heterocycles. The van der Waals surface area contributed by atoms with E-state index in [1.54, 1.807) is 20.8 Å². The lowest BCUT2D eigenvalue weighted by atomic mass is 10.1. The van der Waals surface area contributed by atoms with Crippen LogP contribution in [0.15, 0.2) is 0 Å². The van der Waals surface area contributed by atoms with Gasteiger partial charge in [0.25, 0.3) is 0 Å². The lowest BCUT2D eigenvalue weighted by Crippen LogP contribution is -2.48. The summed E-state index contributed by atoms with van der Waals surface area (Å²) < 4.78 is 8.12. The van der Waals surface area contributed by atoms with E-state index in [0.717, 1.165) is 11.3 Å². The standard InChI is InChI=1S/C15H19Cl3N2O5S/c1-5-24-12(22)9-7(3)10(13(23)25-6-2)26-11(9)20-14(15(16,17)18)19-8(4)21/h14,20H,5-6H2,1-4H3,(H,19,21)/t14-/m0/s1. The van der Waals surface area contributed by atoms with Crippen molar-refractivity contribution < 1.29 is 23.9 Å². The third-order valence-corrected chi connectivity index (χ3v) is 4.90. The van der Waals surface area contributed by atoms with Crippen LogP contribution in [0.25, 0.3) is 0 Å². The molecule has 1 aromatic heterocycles. The molecule has 0 aliphatic rings. The smallest absolute Gasteiger partial charge is 0.348 e. The zero-order chi connectivity index (χ0) is 20.1. The van der Waals surface area contributed by atoms with E-state index in [-0.39, 0.29) is 28.7 Å². The predicted octanol–water partition coefficient (Wildman–Crippen LogP) is 3.65. The molecule has 11 heteroatoms. The van der Waals surface area contributed by atoms with Gasteiger partial charge in [-0.1, -0.05) is 34.8 Å². The quantitative estimate of drug-likeness (QED) is 0.378. The van der Waals surface area contributed by atoms with Crippen LogP contribution in [-0.2, 0) is 14.3 Å². The number of anilines is 1. The molecule has 0 spiro atoms. The van der Waals surface area contributed by atoms with Crippen molar-refractivity contribution in [1.82, 2.24) is 5.32 Å². The summed E-state index contributed by atoms with van der Waals surface area (Å²) in [6.45, 7) is 6.48. The minimum Gasteiger partial charge on any atom is -0.462 e. The van der Waals surface area contributed by atoms with E-state index < -0.39 is 27.8 Å². The van der Waals surface area contributed by atoms with Gasteiger partial charge in [0.15, 0.2) is 0 Å². The predicted molar refractivity (Wildman–Crippen MR) is 102 cm³/mol. The van der Waals surface area contributed by atoms with Crippen molar-refractivity contribution in [3.63, 3.8) is 0 Å². The molecular formula is C15H19Cl3N2O5S. The number of carbonyl (C=O) groups excluding carboxylic acids is 3. The fourth-order valence-corrected chi connectivity index (χ4v) is 3.43. The van der Waals surface area contributed by atoms with Crippen LogP contribution in [0.3, 0.4) is 0 Å². The van der Waals surface area contributed by atoms with Gasteiger partial charge in [0.05, 0.1) is 18.8 Å². The highest BCUT2D eigenvalue weighted by molar-refractivity contribution is 7.18. The first kappa shape index (κ1) is 22.8. The van der Waals surface area contributed by atoms with Crippen LogP contribution in [0.4, 0.5) is 5.00 Å². The number of halogens is 3. The number of hydrogen-bond donors (Lipinski definition) is 2. The number of hydrogen-bond acceptors (Lipinski definition) is 7. The van der Waals surface area contributed by atoms with Gasteiger partial charge < -0.3 is 20.1 Å². The number of esters is 2. The first-order valence-electron chi connectivity index (χ1n) is 7.60. The summed E-state index contributed by atoms with van der Waals surface area (Å²) in [6, 6.07) is 0. The summed E-state index contributed by atoms with van der Waals surface area (Å²) in [7, 11) is 0.